The highest BCUT2D eigenvalue weighted by Crippen LogP contribution is 2.23. The maximum atomic E-state index is 9.94. The van der Waals surface area contributed by atoms with E-state index in [1.54, 1.807) is 0 Å². The van der Waals surface area contributed by atoms with Gasteiger partial charge in [-0.3, -0.25) is 4.90 Å². The number of aliphatic hydroxyl groups is 1. The van der Waals surface area contributed by atoms with Gasteiger partial charge in [0.1, 0.15) is 6.23 Å². The first-order chi connectivity index (χ1) is 5.99. The van der Waals surface area contributed by atoms with Gasteiger partial charge in [-0.05, 0) is 24.7 Å². The monoisotopic (exact) mass is 185 g/mol. The van der Waals surface area contributed by atoms with Gasteiger partial charge in [-0.1, -0.05) is 27.2 Å². The van der Waals surface area contributed by atoms with Crippen LogP contribution in [0.3, 0.4) is 0 Å². The van der Waals surface area contributed by atoms with E-state index in [0.29, 0.717) is 0 Å². The molecule has 1 heterocycles. The lowest BCUT2D eigenvalue weighted by atomic mass is 9.90. The Morgan fingerprint density at radius 2 is 1.69 bits per heavy atom. The van der Waals surface area contributed by atoms with E-state index < -0.39 is 0 Å². The number of nitrogens with zero attached hydrogens (tertiary/aromatic N) is 1. The van der Waals surface area contributed by atoms with Crippen molar-refractivity contribution >= 4 is 0 Å². The predicted molar refractivity (Wildman–Crippen MR) is 55.5 cm³/mol. The topological polar surface area (TPSA) is 23.5 Å². The Labute approximate surface area is 81.9 Å². The summed E-state index contributed by atoms with van der Waals surface area (Å²) in [5.74, 6) is 0. The molecule has 1 saturated heterocycles. The zero-order valence-electron chi connectivity index (χ0n) is 9.21. The molecular formula is C11H23NO. The van der Waals surface area contributed by atoms with Crippen LogP contribution in [0.4, 0.5) is 0 Å². The molecule has 0 aromatic rings. The SMILES string of the molecule is CC(C)(C)CC(O)N1CCCCC1. The average Bonchev–Trinajstić information content (AvgIpc) is 2.03. The molecule has 1 aliphatic heterocycles. The van der Waals surface area contributed by atoms with E-state index in [-0.39, 0.29) is 11.6 Å². The van der Waals surface area contributed by atoms with Crippen LogP contribution >= 0.6 is 0 Å². The maximum Gasteiger partial charge on any atom is 0.107 e. The van der Waals surface area contributed by atoms with Gasteiger partial charge in [0.15, 0.2) is 0 Å². The van der Waals surface area contributed by atoms with E-state index in [1.807, 2.05) is 0 Å². The zero-order valence-corrected chi connectivity index (χ0v) is 9.21. The molecule has 1 rings (SSSR count). The molecule has 1 aliphatic rings. The number of hydrogen-bond donors (Lipinski definition) is 1. The van der Waals surface area contributed by atoms with E-state index in [2.05, 4.69) is 25.7 Å². The number of hydrogen-bond acceptors (Lipinski definition) is 2. The van der Waals surface area contributed by atoms with Gasteiger partial charge in [-0.25, -0.2) is 0 Å². The molecule has 0 bridgehead atoms. The van der Waals surface area contributed by atoms with Crippen molar-refractivity contribution < 1.29 is 5.11 Å². The molecule has 0 saturated carbocycles. The van der Waals surface area contributed by atoms with Gasteiger partial charge >= 0.3 is 0 Å². The Balaban J connectivity index is 2.33. The third-order valence-corrected chi connectivity index (χ3v) is 2.61. The van der Waals surface area contributed by atoms with Gasteiger partial charge in [0.05, 0.1) is 0 Å². The molecule has 13 heavy (non-hydrogen) atoms. The van der Waals surface area contributed by atoms with Gasteiger partial charge < -0.3 is 5.11 Å². The van der Waals surface area contributed by atoms with Crippen LogP contribution in [-0.2, 0) is 0 Å². The van der Waals surface area contributed by atoms with Gasteiger partial charge in [0.2, 0.25) is 0 Å². The van der Waals surface area contributed by atoms with Crippen LogP contribution in [0.1, 0.15) is 46.5 Å². The minimum atomic E-state index is -0.222. The van der Waals surface area contributed by atoms with Gasteiger partial charge in [-0.15, -0.1) is 0 Å². The molecular weight excluding hydrogens is 162 g/mol. The summed E-state index contributed by atoms with van der Waals surface area (Å²) in [6.45, 7) is 8.70. The average molecular weight is 185 g/mol. The summed E-state index contributed by atoms with van der Waals surface area (Å²) < 4.78 is 0. The maximum absolute atomic E-state index is 9.94. The van der Waals surface area contributed by atoms with Crippen LogP contribution in [0.5, 0.6) is 0 Å². The molecule has 78 valence electrons. The zero-order chi connectivity index (χ0) is 9.90. The fourth-order valence-electron chi connectivity index (χ4n) is 1.89. The van der Waals surface area contributed by atoms with Gasteiger partial charge in [0, 0.05) is 13.1 Å². The Bertz CT molecular complexity index is 145. The van der Waals surface area contributed by atoms with Crippen molar-refractivity contribution in [2.75, 3.05) is 13.1 Å². The largest absolute Gasteiger partial charge is 0.378 e. The molecule has 1 N–H and O–H groups in total. The number of piperidine rings is 1. The normalized spacial score (nSPS) is 23.1. The van der Waals surface area contributed by atoms with Crippen LogP contribution < -0.4 is 0 Å². The summed E-state index contributed by atoms with van der Waals surface area (Å²) in [6, 6.07) is 0. The van der Waals surface area contributed by atoms with E-state index in [1.165, 1.54) is 19.3 Å². The van der Waals surface area contributed by atoms with E-state index >= 15 is 0 Å². The highest BCUT2D eigenvalue weighted by molar-refractivity contribution is 4.72. The third-order valence-electron chi connectivity index (χ3n) is 2.61. The highest BCUT2D eigenvalue weighted by atomic mass is 16.3. The molecule has 0 radical (unpaired) electrons. The van der Waals surface area contributed by atoms with Crippen LogP contribution in [-0.4, -0.2) is 29.3 Å². The summed E-state index contributed by atoms with van der Waals surface area (Å²) in [6.07, 6.45) is 4.49. The van der Waals surface area contributed by atoms with Gasteiger partial charge in [-0.2, -0.15) is 0 Å². The Hall–Kier alpha value is -0.0800. The minimum absolute atomic E-state index is 0.222. The first-order valence-electron chi connectivity index (χ1n) is 5.41. The van der Waals surface area contributed by atoms with E-state index in [4.69, 9.17) is 0 Å². The number of aliphatic hydroxyl groups excluding tert-OH is 1. The number of likely N-dealkylation sites (tertiary alicyclic amines) is 1. The molecule has 2 nitrogen and oxygen atoms in total. The first kappa shape index (κ1) is 11.0. The third kappa shape index (κ3) is 4.10. The van der Waals surface area contributed by atoms with Crippen molar-refractivity contribution in [1.82, 2.24) is 4.90 Å². The molecule has 1 atom stereocenters. The summed E-state index contributed by atoms with van der Waals surface area (Å²) in [5, 5.41) is 9.94. The summed E-state index contributed by atoms with van der Waals surface area (Å²) in [7, 11) is 0. The molecule has 0 amide bonds. The second-order valence-corrected chi connectivity index (χ2v) is 5.34. The van der Waals surface area contributed by atoms with Gasteiger partial charge in [0.25, 0.3) is 0 Å². The molecule has 0 aliphatic carbocycles. The predicted octanol–water partition coefficient (Wildman–Crippen LogP) is 2.23. The first-order valence-corrected chi connectivity index (χ1v) is 5.41. The molecule has 1 unspecified atom stereocenters. The lowest BCUT2D eigenvalue weighted by Gasteiger charge is -2.34. The Kier molecular flexibility index (Phi) is 3.74. The van der Waals surface area contributed by atoms with Crippen LogP contribution in [0, 0.1) is 5.41 Å². The van der Waals surface area contributed by atoms with Crippen LogP contribution in [0.25, 0.3) is 0 Å². The van der Waals surface area contributed by atoms with E-state index in [0.717, 1.165) is 19.5 Å². The molecule has 0 aromatic heterocycles. The Morgan fingerprint density at radius 1 is 1.15 bits per heavy atom. The fraction of sp³-hybridized carbons (Fsp3) is 1.00. The lowest BCUT2D eigenvalue weighted by molar-refractivity contribution is -0.0328. The van der Waals surface area contributed by atoms with Crippen molar-refractivity contribution in [3.8, 4) is 0 Å². The van der Waals surface area contributed by atoms with Crippen molar-refractivity contribution in [2.24, 2.45) is 5.41 Å². The minimum Gasteiger partial charge on any atom is -0.378 e. The summed E-state index contributed by atoms with van der Waals surface area (Å²) in [5.41, 5.74) is 0.233. The number of rotatable bonds is 2. The van der Waals surface area contributed by atoms with Crippen LogP contribution in [0.15, 0.2) is 0 Å². The van der Waals surface area contributed by atoms with Crippen molar-refractivity contribution in [3.05, 3.63) is 0 Å². The molecule has 0 spiro atoms. The van der Waals surface area contributed by atoms with Crippen molar-refractivity contribution in [3.63, 3.8) is 0 Å². The van der Waals surface area contributed by atoms with E-state index in [9.17, 15) is 5.11 Å². The van der Waals surface area contributed by atoms with Crippen molar-refractivity contribution in [2.45, 2.75) is 52.7 Å². The standard InChI is InChI=1S/C11H23NO/c1-11(2,3)9-10(13)12-7-5-4-6-8-12/h10,13H,4-9H2,1-3H3. The summed E-state index contributed by atoms with van der Waals surface area (Å²) >= 11 is 0. The van der Waals surface area contributed by atoms with Crippen molar-refractivity contribution in [1.29, 1.82) is 0 Å². The Morgan fingerprint density at radius 3 is 2.15 bits per heavy atom. The second kappa shape index (κ2) is 4.43. The fourth-order valence-corrected chi connectivity index (χ4v) is 1.89. The molecule has 2 heteroatoms. The van der Waals surface area contributed by atoms with Crippen LogP contribution in [0.2, 0.25) is 0 Å². The summed E-state index contributed by atoms with van der Waals surface area (Å²) in [4.78, 5) is 2.22. The smallest absolute Gasteiger partial charge is 0.107 e. The quantitative estimate of drug-likeness (QED) is 0.713. The highest BCUT2D eigenvalue weighted by Gasteiger charge is 2.23. The molecule has 1 fully saturated rings. The second-order valence-electron chi connectivity index (χ2n) is 5.34. The molecule has 0 aromatic carbocycles. The lowest BCUT2D eigenvalue weighted by Crippen LogP contribution is -2.41.